The van der Waals surface area contributed by atoms with Crippen molar-refractivity contribution in [1.29, 1.82) is 0 Å². The van der Waals surface area contributed by atoms with Crippen molar-refractivity contribution in [2.24, 2.45) is 0 Å². The monoisotopic (exact) mass is 284 g/mol. The minimum atomic E-state index is -1.45. The third-order valence-corrected chi connectivity index (χ3v) is 3.89. The van der Waals surface area contributed by atoms with Gasteiger partial charge in [-0.15, -0.1) is 11.3 Å². The highest BCUT2D eigenvalue weighted by Crippen LogP contribution is 2.29. The Bertz CT molecular complexity index is 608. The predicted molar refractivity (Wildman–Crippen MR) is 67.3 cm³/mol. The standard InChI is InChI=1S/C13H11F3N2S/c14-10-4-3-9(11(15)12(10)16)13-18-8(6-19-13)5-17-7-1-2-7/h3-4,6-7,17H,1-2,5H2. The van der Waals surface area contributed by atoms with Gasteiger partial charge in [-0.25, -0.2) is 18.2 Å². The fourth-order valence-electron chi connectivity index (χ4n) is 1.74. The van der Waals surface area contributed by atoms with Crippen LogP contribution in [0.1, 0.15) is 18.5 Å². The summed E-state index contributed by atoms with van der Waals surface area (Å²) in [5.74, 6) is -3.82. The van der Waals surface area contributed by atoms with E-state index in [4.69, 9.17) is 0 Å². The molecule has 1 N–H and O–H groups in total. The number of benzene rings is 1. The van der Waals surface area contributed by atoms with Crippen LogP contribution < -0.4 is 5.32 Å². The SMILES string of the molecule is Fc1ccc(-c2nc(CNC3CC3)cs2)c(F)c1F. The maximum absolute atomic E-state index is 13.6. The van der Waals surface area contributed by atoms with Crippen molar-refractivity contribution >= 4 is 11.3 Å². The van der Waals surface area contributed by atoms with Gasteiger partial charge in [-0.3, -0.25) is 0 Å². The van der Waals surface area contributed by atoms with Crippen LogP contribution in [-0.2, 0) is 6.54 Å². The number of nitrogens with zero attached hydrogens (tertiary/aromatic N) is 1. The van der Waals surface area contributed by atoms with E-state index in [1.807, 2.05) is 0 Å². The Kier molecular flexibility index (Phi) is 3.28. The second-order valence-electron chi connectivity index (χ2n) is 4.52. The van der Waals surface area contributed by atoms with Crippen LogP contribution in [0.25, 0.3) is 10.6 Å². The second-order valence-corrected chi connectivity index (χ2v) is 5.38. The molecule has 6 heteroatoms. The van der Waals surface area contributed by atoms with Crippen LogP contribution in [0.15, 0.2) is 17.5 Å². The van der Waals surface area contributed by atoms with E-state index in [2.05, 4.69) is 10.3 Å². The van der Waals surface area contributed by atoms with E-state index in [9.17, 15) is 13.2 Å². The molecule has 0 bridgehead atoms. The first kappa shape index (κ1) is 12.6. The van der Waals surface area contributed by atoms with Crippen molar-refractivity contribution in [2.45, 2.75) is 25.4 Å². The topological polar surface area (TPSA) is 24.9 Å². The Hall–Kier alpha value is -1.40. The Labute approximate surface area is 112 Å². The molecule has 1 saturated carbocycles. The van der Waals surface area contributed by atoms with Gasteiger partial charge in [-0.05, 0) is 25.0 Å². The molecule has 0 unspecified atom stereocenters. The average molecular weight is 284 g/mol. The highest BCUT2D eigenvalue weighted by molar-refractivity contribution is 7.13. The quantitative estimate of drug-likeness (QED) is 0.869. The summed E-state index contributed by atoms with van der Waals surface area (Å²) in [4.78, 5) is 4.24. The van der Waals surface area contributed by atoms with Gasteiger partial charge in [0.05, 0.1) is 5.69 Å². The molecule has 0 saturated heterocycles. The second kappa shape index (κ2) is 4.94. The zero-order chi connectivity index (χ0) is 13.4. The van der Waals surface area contributed by atoms with Crippen LogP contribution in [0.5, 0.6) is 0 Å². The number of aromatic nitrogens is 1. The van der Waals surface area contributed by atoms with E-state index < -0.39 is 17.5 Å². The lowest BCUT2D eigenvalue weighted by Crippen LogP contribution is -2.15. The van der Waals surface area contributed by atoms with Crippen LogP contribution in [0.4, 0.5) is 13.2 Å². The average Bonchev–Trinajstić information content (AvgIpc) is 3.12. The van der Waals surface area contributed by atoms with Gasteiger partial charge in [0.25, 0.3) is 0 Å². The molecule has 0 spiro atoms. The minimum Gasteiger partial charge on any atom is -0.308 e. The minimum absolute atomic E-state index is 0.00146. The van der Waals surface area contributed by atoms with E-state index in [0.717, 1.165) is 11.8 Å². The predicted octanol–water partition coefficient (Wildman–Crippen LogP) is 3.48. The van der Waals surface area contributed by atoms with Gasteiger partial charge < -0.3 is 5.32 Å². The Morgan fingerprint density at radius 2 is 2.00 bits per heavy atom. The summed E-state index contributed by atoms with van der Waals surface area (Å²) in [7, 11) is 0. The molecule has 0 atom stereocenters. The summed E-state index contributed by atoms with van der Waals surface area (Å²) >= 11 is 1.22. The zero-order valence-electron chi connectivity index (χ0n) is 9.92. The van der Waals surface area contributed by atoms with E-state index in [-0.39, 0.29) is 5.56 Å². The molecule has 1 aliphatic carbocycles. The largest absolute Gasteiger partial charge is 0.308 e. The molecule has 2 aromatic rings. The van der Waals surface area contributed by atoms with Gasteiger partial charge in [0.15, 0.2) is 17.5 Å². The Morgan fingerprint density at radius 3 is 2.74 bits per heavy atom. The molecule has 1 aromatic heterocycles. The van der Waals surface area contributed by atoms with Gasteiger partial charge in [0.1, 0.15) is 5.01 Å². The number of hydrogen-bond donors (Lipinski definition) is 1. The summed E-state index contributed by atoms with van der Waals surface area (Å²) in [6.07, 6.45) is 2.35. The molecular weight excluding hydrogens is 273 g/mol. The van der Waals surface area contributed by atoms with Crippen molar-refractivity contribution in [3.8, 4) is 10.6 Å². The summed E-state index contributed by atoms with van der Waals surface area (Å²) < 4.78 is 39.6. The number of halogens is 3. The van der Waals surface area contributed by atoms with Crippen LogP contribution in [0.2, 0.25) is 0 Å². The van der Waals surface area contributed by atoms with Crippen molar-refractivity contribution in [1.82, 2.24) is 10.3 Å². The number of rotatable bonds is 4. The van der Waals surface area contributed by atoms with Crippen molar-refractivity contribution < 1.29 is 13.2 Å². The lowest BCUT2D eigenvalue weighted by molar-refractivity contribution is 0.449. The van der Waals surface area contributed by atoms with Crippen molar-refractivity contribution in [2.75, 3.05) is 0 Å². The molecular formula is C13H11F3N2S. The fraction of sp³-hybridized carbons (Fsp3) is 0.308. The molecule has 19 heavy (non-hydrogen) atoms. The van der Waals surface area contributed by atoms with E-state index in [0.29, 0.717) is 17.6 Å². The van der Waals surface area contributed by atoms with Crippen LogP contribution in [-0.4, -0.2) is 11.0 Å². The lowest BCUT2D eigenvalue weighted by atomic mass is 10.2. The molecule has 1 heterocycles. The molecule has 100 valence electrons. The van der Waals surface area contributed by atoms with Gasteiger partial charge in [-0.1, -0.05) is 0 Å². The van der Waals surface area contributed by atoms with Gasteiger partial charge in [0.2, 0.25) is 0 Å². The Balaban J connectivity index is 1.83. The molecule has 0 radical (unpaired) electrons. The normalized spacial score (nSPS) is 14.9. The summed E-state index contributed by atoms with van der Waals surface area (Å²) in [6.45, 7) is 0.618. The number of nitrogens with one attached hydrogen (secondary N) is 1. The molecule has 1 aliphatic rings. The molecule has 0 amide bonds. The molecule has 1 fully saturated rings. The van der Waals surface area contributed by atoms with Crippen molar-refractivity contribution in [3.63, 3.8) is 0 Å². The van der Waals surface area contributed by atoms with Gasteiger partial charge >= 0.3 is 0 Å². The summed E-state index contributed by atoms with van der Waals surface area (Å²) in [5.41, 5.74) is 0.789. The fourth-order valence-corrected chi connectivity index (χ4v) is 2.58. The van der Waals surface area contributed by atoms with Gasteiger partial charge in [-0.2, -0.15) is 0 Å². The first-order chi connectivity index (χ1) is 9.15. The summed E-state index contributed by atoms with van der Waals surface area (Å²) in [6, 6.07) is 2.69. The zero-order valence-corrected chi connectivity index (χ0v) is 10.7. The van der Waals surface area contributed by atoms with Crippen LogP contribution in [0.3, 0.4) is 0 Å². The first-order valence-corrected chi connectivity index (χ1v) is 6.85. The third kappa shape index (κ3) is 2.64. The third-order valence-electron chi connectivity index (χ3n) is 2.97. The van der Waals surface area contributed by atoms with Crippen LogP contribution >= 0.6 is 11.3 Å². The highest BCUT2D eigenvalue weighted by atomic mass is 32.1. The molecule has 0 aliphatic heterocycles. The highest BCUT2D eigenvalue weighted by Gasteiger charge is 2.21. The smallest absolute Gasteiger partial charge is 0.195 e. The van der Waals surface area contributed by atoms with E-state index in [1.165, 1.54) is 30.2 Å². The molecule has 3 rings (SSSR count). The van der Waals surface area contributed by atoms with E-state index in [1.54, 1.807) is 5.38 Å². The number of hydrogen-bond acceptors (Lipinski definition) is 3. The molecule has 2 nitrogen and oxygen atoms in total. The Morgan fingerprint density at radius 1 is 1.21 bits per heavy atom. The maximum atomic E-state index is 13.6. The maximum Gasteiger partial charge on any atom is 0.195 e. The molecule has 1 aromatic carbocycles. The summed E-state index contributed by atoms with van der Waals surface area (Å²) in [5, 5.41) is 5.45. The van der Waals surface area contributed by atoms with E-state index >= 15 is 0 Å². The van der Waals surface area contributed by atoms with Gasteiger partial charge in [0, 0.05) is 23.5 Å². The number of thiazole rings is 1. The lowest BCUT2D eigenvalue weighted by Gasteiger charge is -2.01. The first-order valence-electron chi connectivity index (χ1n) is 5.97. The van der Waals surface area contributed by atoms with Crippen LogP contribution in [0, 0.1) is 17.5 Å². The van der Waals surface area contributed by atoms with Crippen molar-refractivity contribution in [3.05, 3.63) is 40.7 Å².